The molecule has 1 aliphatic rings. The zero-order chi connectivity index (χ0) is 21.0. The third-order valence-corrected chi connectivity index (χ3v) is 6.92. The van der Waals surface area contributed by atoms with Gasteiger partial charge in [0.05, 0.1) is 40.4 Å². The lowest BCUT2D eigenvalue weighted by molar-refractivity contribution is 0.0730. The van der Waals surface area contributed by atoms with E-state index in [0.29, 0.717) is 30.6 Å². The Morgan fingerprint density at radius 3 is 2.52 bits per heavy atom. The van der Waals surface area contributed by atoms with Crippen LogP contribution < -0.4 is 10.1 Å². The van der Waals surface area contributed by atoms with Crippen LogP contribution in [0.4, 0.5) is 5.69 Å². The fourth-order valence-electron chi connectivity index (χ4n) is 2.82. The van der Waals surface area contributed by atoms with Crippen molar-refractivity contribution in [2.24, 2.45) is 0 Å². The van der Waals surface area contributed by atoms with Crippen LogP contribution in [0.3, 0.4) is 0 Å². The molecule has 0 bridgehead atoms. The average Bonchev–Trinajstić information content (AvgIpc) is 2.72. The highest BCUT2D eigenvalue weighted by Gasteiger charge is 2.27. The third kappa shape index (κ3) is 5.02. The van der Waals surface area contributed by atoms with Crippen molar-refractivity contribution < 1.29 is 22.7 Å². The monoisotopic (exact) mass is 458 g/mol. The Kier molecular flexibility index (Phi) is 7.02. The first-order valence-corrected chi connectivity index (χ1v) is 11.1. The summed E-state index contributed by atoms with van der Waals surface area (Å²) in [4.78, 5) is 12.7. The summed E-state index contributed by atoms with van der Waals surface area (Å²) >= 11 is 11.9. The van der Waals surface area contributed by atoms with Crippen LogP contribution >= 0.6 is 23.2 Å². The highest BCUT2D eigenvalue weighted by Crippen LogP contribution is 2.30. The summed E-state index contributed by atoms with van der Waals surface area (Å²) in [5.41, 5.74) is 0.528. The number of ether oxygens (including phenoxy) is 2. The number of sulfonamides is 1. The highest BCUT2D eigenvalue weighted by atomic mass is 35.5. The number of hydrogen-bond acceptors (Lipinski definition) is 5. The number of anilines is 1. The quantitative estimate of drug-likeness (QED) is 0.713. The molecule has 0 spiro atoms. The molecule has 3 rings (SSSR count). The molecule has 1 amide bonds. The molecule has 0 aliphatic carbocycles. The van der Waals surface area contributed by atoms with Crippen LogP contribution in [0.25, 0.3) is 0 Å². The number of hydrogen-bond donors (Lipinski definition) is 1. The van der Waals surface area contributed by atoms with Crippen LogP contribution in [0.1, 0.15) is 17.3 Å². The van der Waals surface area contributed by atoms with Gasteiger partial charge in [-0.2, -0.15) is 4.31 Å². The first-order chi connectivity index (χ1) is 13.8. The van der Waals surface area contributed by atoms with E-state index in [9.17, 15) is 13.2 Å². The second kappa shape index (κ2) is 9.32. The minimum absolute atomic E-state index is 0.0623. The van der Waals surface area contributed by atoms with E-state index < -0.39 is 15.9 Å². The van der Waals surface area contributed by atoms with Gasteiger partial charge in [0.1, 0.15) is 5.75 Å². The molecule has 1 fully saturated rings. The summed E-state index contributed by atoms with van der Waals surface area (Å²) in [6.45, 7) is 3.39. The lowest BCUT2D eigenvalue weighted by Crippen LogP contribution is -2.40. The van der Waals surface area contributed by atoms with Crippen molar-refractivity contribution in [2.75, 3.05) is 38.2 Å². The van der Waals surface area contributed by atoms with Gasteiger partial charge in [0.25, 0.3) is 5.91 Å². The van der Waals surface area contributed by atoms with Gasteiger partial charge in [-0.15, -0.1) is 0 Å². The van der Waals surface area contributed by atoms with Crippen LogP contribution in [-0.4, -0.2) is 51.5 Å². The number of nitrogens with one attached hydrogen (secondary N) is 1. The minimum Gasteiger partial charge on any atom is -0.492 e. The zero-order valence-electron chi connectivity index (χ0n) is 15.7. The molecule has 29 heavy (non-hydrogen) atoms. The number of carbonyl (C=O) groups excluding carboxylic acids is 1. The smallest absolute Gasteiger partial charge is 0.255 e. The molecule has 0 aromatic heterocycles. The van der Waals surface area contributed by atoms with E-state index in [1.165, 1.54) is 40.7 Å². The minimum atomic E-state index is -3.72. The SMILES string of the molecule is CCOc1ccc(S(=O)(=O)N2CCOCC2)cc1NC(=O)c1ccc(Cl)c(Cl)c1. The number of benzene rings is 2. The number of carbonyl (C=O) groups is 1. The van der Waals surface area contributed by atoms with Crippen LogP contribution in [-0.2, 0) is 14.8 Å². The Labute approximate surface area is 179 Å². The maximum Gasteiger partial charge on any atom is 0.255 e. The first kappa shape index (κ1) is 21.9. The van der Waals surface area contributed by atoms with Gasteiger partial charge in [0.2, 0.25) is 10.0 Å². The second-order valence-corrected chi connectivity index (χ2v) is 8.94. The molecule has 0 saturated carbocycles. The van der Waals surface area contributed by atoms with Crippen molar-refractivity contribution in [3.63, 3.8) is 0 Å². The van der Waals surface area contributed by atoms with Gasteiger partial charge in [-0.05, 0) is 43.3 Å². The lowest BCUT2D eigenvalue weighted by atomic mass is 10.2. The van der Waals surface area contributed by atoms with Crippen molar-refractivity contribution >= 4 is 44.8 Å². The number of rotatable bonds is 6. The highest BCUT2D eigenvalue weighted by molar-refractivity contribution is 7.89. The summed E-state index contributed by atoms with van der Waals surface area (Å²) < 4.78 is 38.0. The number of amides is 1. The van der Waals surface area contributed by atoms with Crippen molar-refractivity contribution in [3.8, 4) is 5.75 Å². The predicted octanol–water partition coefficient (Wildman–Crippen LogP) is 3.67. The molecule has 0 radical (unpaired) electrons. The normalized spacial score (nSPS) is 15.1. The summed E-state index contributed by atoms with van der Waals surface area (Å²) in [5.74, 6) is -0.104. The van der Waals surface area contributed by atoms with Crippen molar-refractivity contribution in [3.05, 3.63) is 52.0 Å². The van der Waals surface area contributed by atoms with Crippen molar-refractivity contribution in [2.45, 2.75) is 11.8 Å². The Bertz CT molecular complexity index is 1010. The lowest BCUT2D eigenvalue weighted by Gasteiger charge is -2.26. The van der Waals surface area contributed by atoms with Gasteiger partial charge < -0.3 is 14.8 Å². The van der Waals surface area contributed by atoms with Crippen LogP contribution in [0.15, 0.2) is 41.3 Å². The molecule has 1 saturated heterocycles. The van der Waals surface area contributed by atoms with E-state index in [1.807, 2.05) is 0 Å². The molecule has 7 nitrogen and oxygen atoms in total. The van der Waals surface area contributed by atoms with Crippen molar-refractivity contribution in [1.29, 1.82) is 0 Å². The van der Waals surface area contributed by atoms with E-state index >= 15 is 0 Å². The van der Waals surface area contributed by atoms with Crippen molar-refractivity contribution in [1.82, 2.24) is 4.31 Å². The topological polar surface area (TPSA) is 84.9 Å². The Balaban J connectivity index is 1.92. The van der Waals surface area contributed by atoms with E-state index in [-0.39, 0.29) is 34.3 Å². The van der Waals surface area contributed by atoms with E-state index in [1.54, 1.807) is 6.92 Å². The van der Waals surface area contributed by atoms with Crippen LogP contribution in [0.5, 0.6) is 5.75 Å². The van der Waals surface area contributed by atoms with E-state index in [2.05, 4.69) is 5.32 Å². The Morgan fingerprint density at radius 1 is 1.14 bits per heavy atom. The maximum absolute atomic E-state index is 12.9. The summed E-state index contributed by atoms with van der Waals surface area (Å²) in [6, 6.07) is 8.87. The fourth-order valence-corrected chi connectivity index (χ4v) is 4.55. The fraction of sp³-hybridized carbons (Fsp3) is 0.316. The Hall–Kier alpha value is -1.84. The first-order valence-electron chi connectivity index (χ1n) is 8.94. The summed E-state index contributed by atoms with van der Waals surface area (Å²) in [5, 5.41) is 3.27. The molecule has 0 atom stereocenters. The Morgan fingerprint density at radius 2 is 1.86 bits per heavy atom. The molecule has 156 valence electrons. The largest absolute Gasteiger partial charge is 0.492 e. The average molecular weight is 459 g/mol. The molecule has 10 heteroatoms. The molecule has 1 aliphatic heterocycles. The number of morpholine rings is 1. The van der Waals surface area contributed by atoms with E-state index in [4.69, 9.17) is 32.7 Å². The number of halogens is 2. The molecular weight excluding hydrogens is 439 g/mol. The predicted molar refractivity (Wildman–Crippen MR) is 112 cm³/mol. The zero-order valence-corrected chi connectivity index (χ0v) is 18.0. The van der Waals surface area contributed by atoms with E-state index in [0.717, 1.165) is 0 Å². The standard InChI is InChI=1S/C19H20Cl2N2O5S/c1-2-28-18-6-4-14(29(25,26)23-7-9-27-10-8-23)12-17(18)22-19(24)13-3-5-15(20)16(21)11-13/h3-6,11-12H,2,7-10H2,1H3,(H,22,24). The van der Waals surface area contributed by atoms with Gasteiger partial charge >= 0.3 is 0 Å². The number of nitrogens with zero attached hydrogens (tertiary/aromatic N) is 1. The molecule has 1 heterocycles. The molecule has 1 N–H and O–H groups in total. The van der Waals surface area contributed by atoms with Crippen LogP contribution in [0.2, 0.25) is 10.0 Å². The van der Waals surface area contributed by atoms with Crippen LogP contribution in [0, 0.1) is 0 Å². The molecular formula is C19H20Cl2N2O5S. The maximum atomic E-state index is 12.9. The van der Waals surface area contributed by atoms with Gasteiger partial charge in [-0.1, -0.05) is 23.2 Å². The van der Waals surface area contributed by atoms with Gasteiger partial charge in [-0.3, -0.25) is 4.79 Å². The summed E-state index contributed by atoms with van der Waals surface area (Å²) in [7, 11) is -3.72. The van der Waals surface area contributed by atoms with Gasteiger partial charge in [0.15, 0.2) is 0 Å². The summed E-state index contributed by atoms with van der Waals surface area (Å²) in [6.07, 6.45) is 0. The van der Waals surface area contributed by atoms with Gasteiger partial charge in [-0.25, -0.2) is 8.42 Å². The van der Waals surface area contributed by atoms with Gasteiger partial charge in [0, 0.05) is 18.7 Å². The molecule has 2 aromatic rings. The molecule has 0 unspecified atom stereocenters. The third-order valence-electron chi connectivity index (χ3n) is 4.29. The molecule has 2 aromatic carbocycles. The second-order valence-electron chi connectivity index (χ2n) is 6.19.